The Kier molecular flexibility index (Phi) is 4.57. The molecule has 2 aromatic rings. The molecular formula is C15H20N4O2. The number of amides is 1. The van der Waals surface area contributed by atoms with Crippen LogP contribution in [-0.2, 0) is 0 Å². The normalized spacial score (nSPS) is 10.7. The zero-order valence-electron chi connectivity index (χ0n) is 12.8. The largest absolute Gasteiger partial charge is 0.497 e. The van der Waals surface area contributed by atoms with Gasteiger partial charge in [-0.2, -0.15) is 0 Å². The maximum atomic E-state index is 12.1. The molecule has 0 bridgehead atoms. The summed E-state index contributed by atoms with van der Waals surface area (Å²) in [5, 5.41) is 10.9. The third-order valence-electron chi connectivity index (χ3n) is 3.08. The highest BCUT2D eigenvalue weighted by Crippen LogP contribution is 2.18. The van der Waals surface area contributed by atoms with Crippen LogP contribution >= 0.6 is 0 Å². The fourth-order valence-corrected chi connectivity index (χ4v) is 1.91. The molecule has 0 saturated heterocycles. The number of benzene rings is 1. The van der Waals surface area contributed by atoms with E-state index in [9.17, 15) is 4.79 Å². The van der Waals surface area contributed by atoms with Crippen LogP contribution in [0.2, 0.25) is 0 Å². The fourth-order valence-electron chi connectivity index (χ4n) is 1.91. The molecule has 0 fully saturated rings. The molecule has 0 atom stereocenters. The molecule has 6 heteroatoms. The Balaban J connectivity index is 2.25. The minimum atomic E-state index is -0.199. The molecule has 1 aromatic heterocycles. The Bertz CT molecular complexity index is 634. The van der Waals surface area contributed by atoms with Gasteiger partial charge in [0.1, 0.15) is 5.75 Å². The molecule has 112 valence electrons. The number of carbonyl (C=O) groups is 1. The van der Waals surface area contributed by atoms with E-state index in [0.717, 1.165) is 11.4 Å². The van der Waals surface area contributed by atoms with Gasteiger partial charge in [0.15, 0.2) is 5.69 Å². The first-order valence-electron chi connectivity index (χ1n) is 6.88. The first-order valence-corrected chi connectivity index (χ1v) is 6.88. The quantitative estimate of drug-likeness (QED) is 0.913. The van der Waals surface area contributed by atoms with E-state index in [1.165, 1.54) is 0 Å². The highest BCUT2D eigenvalue weighted by molar-refractivity contribution is 5.93. The first-order chi connectivity index (χ1) is 10.0. The summed E-state index contributed by atoms with van der Waals surface area (Å²) in [6, 6.07) is 7.46. The monoisotopic (exact) mass is 288 g/mol. The average Bonchev–Trinajstić information content (AvgIpc) is 2.86. The lowest BCUT2D eigenvalue weighted by Crippen LogP contribution is -2.28. The smallest absolute Gasteiger partial charge is 0.273 e. The van der Waals surface area contributed by atoms with Crippen molar-refractivity contribution in [2.24, 2.45) is 5.92 Å². The van der Waals surface area contributed by atoms with E-state index in [0.29, 0.717) is 23.9 Å². The Morgan fingerprint density at radius 2 is 2.19 bits per heavy atom. The van der Waals surface area contributed by atoms with E-state index >= 15 is 0 Å². The molecule has 0 aliphatic carbocycles. The molecule has 0 saturated carbocycles. The Labute approximate surface area is 124 Å². The third-order valence-corrected chi connectivity index (χ3v) is 3.08. The van der Waals surface area contributed by atoms with Crippen LogP contribution in [0.5, 0.6) is 5.75 Å². The molecule has 1 aromatic carbocycles. The van der Waals surface area contributed by atoms with Crippen LogP contribution in [0.15, 0.2) is 24.3 Å². The summed E-state index contributed by atoms with van der Waals surface area (Å²) in [5.41, 5.74) is 1.85. The van der Waals surface area contributed by atoms with Gasteiger partial charge in [-0.1, -0.05) is 25.1 Å². The lowest BCUT2D eigenvalue weighted by atomic mass is 10.2. The maximum Gasteiger partial charge on any atom is 0.273 e. The number of nitrogens with one attached hydrogen (secondary N) is 1. The van der Waals surface area contributed by atoms with Crippen molar-refractivity contribution in [3.05, 3.63) is 35.7 Å². The average molecular weight is 288 g/mol. The SMILES string of the molecule is COc1cccc(-n2nnc(C(=O)NCC(C)C)c2C)c1. The number of hydrogen-bond acceptors (Lipinski definition) is 4. The molecule has 1 amide bonds. The Morgan fingerprint density at radius 1 is 1.43 bits per heavy atom. The molecular weight excluding hydrogens is 268 g/mol. The van der Waals surface area contributed by atoms with Crippen molar-refractivity contribution in [3.8, 4) is 11.4 Å². The second kappa shape index (κ2) is 6.39. The number of methoxy groups -OCH3 is 1. The van der Waals surface area contributed by atoms with Crippen molar-refractivity contribution in [1.82, 2.24) is 20.3 Å². The van der Waals surface area contributed by atoms with Crippen molar-refractivity contribution >= 4 is 5.91 Å². The van der Waals surface area contributed by atoms with Gasteiger partial charge in [-0.3, -0.25) is 4.79 Å². The van der Waals surface area contributed by atoms with Crippen molar-refractivity contribution in [2.75, 3.05) is 13.7 Å². The summed E-state index contributed by atoms with van der Waals surface area (Å²) < 4.78 is 6.83. The van der Waals surface area contributed by atoms with E-state index in [-0.39, 0.29) is 5.91 Å². The predicted molar refractivity (Wildman–Crippen MR) is 79.8 cm³/mol. The summed E-state index contributed by atoms with van der Waals surface area (Å²) in [6.07, 6.45) is 0. The van der Waals surface area contributed by atoms with Gasteiger partial charge in [-0.15, -0.1) is 5.10 Å². The predicted octanol–water partition coefficient (Wildman–Crippen LogP) is 1.97. The van der Waals surface area contributed by atoms with Gasteiger partial charge >= 0.3 is 0 Å². The third kappa shape index (κ3) is 3.39. The molecule has 0 aliphatic rings. The summed E-state index contributed by atoms with van der Waals surface area (Å²) in [5.74, 6) is 0.922. The summed E-state index contributed by atoms with van der Waals surface area (Å²) >= 11 is 0. The van der Waals surface area contributed by atoms with Crippen LogP contribution in [0.1, 0.15) is 30.0 Å². The van der Waals surface area contributed by atoms with Gasteiger partial charge in [-0.25, -0.2) is 4.68 Å². The summed E-state index contributed by atoms with van der Waals surface area (Å²) in [4.78, 5) is 12.1. The second-order valence-electron chi connectivity index (χ2n) is 5.24. The van der Waals surface area contributed by atoms with Crippen LogP contribution in [0.25, 0.3) is 5.69 Å². The first kappa shape index (κ1) is 15.0. The number of nitrogens with zero attached hydrogens (tertiary/aromatic N) is 3. The molecule has 0 spiro atoms. The molecule has 2 rings (SSSR count). The molecule has 6 nitrogen and oxygen atoms in total. The topological polar surface area (TPSA) is 69.0 Å². The van der Waals surface area contributed by atoms with Crippen molar-refractivity contribution in [2.45, 2.75) is 20.8 Å². The zero-order valence-corrected chi connectivity index (χ0v) is 12.8. The molecule has 1 N–H and O–H groups in total. The molecule has 0 unspecified atom stereocenters. The number of rotatable bonds is 5. The van der Waals surface area contributed by atoms with Gasteiger partial charge in [0.2, 0.25) is 0 Å². The Hall–Kier alpha value is -2.37. The summed E-state index contributed by atoms with van der Waals surface area (Å²) in [7, 11) is 1.61. The van der Waals surface area contributed by atoms with Crippen molar-refractivity contribution < 1.29 is 9.53 Å². The zero-order chi connectivity index (χ0) is 15.4. The fraction of sp³-hybridized carbons (Fsp3) is 0.400. The van der Waals surface area contributed by atoms with Gasteiger partial charge < -0.3 is 10.1 Å². The van der Waals surface area contributed by atoms with Crippen LogP contribution < -0.4 is 10.1 Å². The molecule has 0 radical (unpaired) electrons. The lowest BCUT2D eigenvalue weighted by molar-refractivity contribution is 0.0943. The van der Waals surface area contributed by atoms with Crippen LogP contribution in [0.4, 0.5) is 0 Å². The molecule has 1 heterocycles. The van der Waals surface area contributed by atoms with Gasteiger partial charge in [0.25, 0.3) is 5.91 Å². The number of hydrogen-bond donors (Lipinski definition) is 1. The molecule has 21 heavy (non-hydrogen) atoms. The minimum Gasteiger partial charge on any atom is -0.497 e. The summed E-state index contributed by atoms with van der Waals surface area (Å²) in [6.45, 7) is 6.52. The van der Waals surface area contributed by atoms with E-state index in [1.807, 2.05) is 45.0 Å². The number of carbonyl (C=O) groups excluding carboxylic acids is 1. The number of aromatic nitrogens is 3. The van der Waals surface area contributed by atoms with Crippen molar-refractivity contribution in [3.63, 3.8) is 0 Å². The highest BCUT2D eigenvalue weighted by atomic mass is 16.5. The molecule has 0 aliphatic heterocycles. The van der Waals surface area contributed by atoms with E-state index in [4.69, 9.17) is 4.74 Å². The van der Waals surface area contributed by atoms with E-state index in [2.05, 4.69) is 15.6 Å². The highest BCUT2D eigenvalue weighted by Gasteiger charge is 2.17. The minimum absolute atomic E-state index is 0.199. The Morgan fingerprint density at radius 3 is 2.86 bits per heavy atom. The van der Waals surface area contributed by atoms with E-state index < -0.39 is 0 Å². The van der Waals surface area contributed by atoms with E-state index in [1.54, 1.807) is 11.8 Å². The second-order valence-corrected chi connectivity index (χ2v) is 5.24. The van der Waals surface area contributed by atoms with Crippen molar-refractivity contribution in [1.29, 1.82) is 0 Å². The van der Waals surface area contributed by atoms with Gasteiger partial charge in [0.05, 0.1) is 18.5 Å². The maximum absolute atomic E-state index is 12.1. The van der Waals surface area contributed by atoms with Crippen LogP contribution in [-0.4, -0.2) is 34.6 Å². The number of ether oxygens (including phenoxy) is 1. The van der Waals surface area contributed by atoms with Gasteiger partial charge in [-0.05, 0) is 25.0 Å². The lowest BCUT2D eigenvalue weighted by Gasteiger charge is -2.07. The standard InChI is InChI=1S/C15H20N4O2/c1-10(2)9-16-15(20)14-11(3)19(18-17-14)12-6-5-7-13(8-12)21-4/h5-8,10H,9H2,1-4H3,(H,16,20). The van der Waals surface area contributed by atoms with Crippen LogP contribution in [0, 0.1) is 12.8 Å². The van der Waals surface area contributed by atoms with Gasteiger partial charge in [0, 0.05) is 12.6 Å². The van der Waals surface area contributed by atoms with Crippen LogP contribution in [0.3, 0.4) is 0 Å².